The molecule has 2 aliphatic heterocycles. The SMILES string of the molecule is O=C(c1ccccc1)N1CC(CN2CCC(c3ccccc3)CC2)C(c2ccsc2)C1. The summed E-state index contributed by atoms with van der Waals surface area (Å²) in [5.41, 5.74) is 3.69. The first kappa shape index (κ1) is 20.5. The minimum absolute atomic E-state index is 0.172. The van der Waals surface area contributed by atoms with Gasteiger partial charge < -0.3 is 9.80 Å². The first-order valence-corrected chi connectivity index (χ1v) is 12.4. The van der Waals surface area contributed by atoms with Gasteiger partial charge in [0, 0.05) is 31.1 Å². The van der Waals surface area contributed by atoms with Crippen LogP contribution in [0.15, 0.2) is 77.5 Å². The number of hydrogen-bond acceptors (Lipinski definition) is 3. The number of amides is 1. The molecule has 0 aliphatic carbocycles. The molecule has 2 aliphatic rings. The molecule has 2 aromatic carbocycles. The van der Waals surface area contributed by atoms with E-state index in [1.54, 1.807) is 11.3 Å². The molecular formula is C27H30N2OS. The van der Waals surface area contributed by atoms with E-state index in [-0.39, 0.29) is 5.91 Å². The van der Waals surface area contributed by atoms with Crippen LogP contribution in [0.4, 0.5) is 0 Å². The van der Waals surface area contributed by atoms with Crippen molar-refractivity contribution in [3.8, 4) is 0 Å². The quantitative estimate of drug-likeness (QED) is 0.535. The van der Waals surface area contributed by atoms with E-state index in [4.69, 9.17) is 0 Å². The largest absolute Gasteiger partial charge is 0.338 e. The molecule has 2 unspecified atom stereocenters. The molecule has 0 N–H and O–H groups in total. The molecule has 0 bridgehead atoms. The van der Waals surface area contributed by atoms with Crippen molar-refractivity contribution in [1.82, 2.24) is 9.80 Å². The summed E-state index contributed by atoms with van der Waals surface area (Å²) in [7, 11) is 0. The van der Waals surface area contributed by atoms with Crippen molar-refractivity contribution in [2.24, 2.45) is 5.92 Å². The summed E-state index contributed by atoms with van der Waals surface area (Å²) in [5.74, 6) is 1.79. The van der Waals surface area contributed by atoms with Crippen LogP contribution < -0.4 is 0 Å². The van der Waals surface area contributed by atoms with E-state index in [9.17, 15) is 4.79 Å². The fourth-order valence-corrected chi connectivity index (χ4v) is 6.08. The zero-order chi connectivity index (χ0) is 21.0. The number of rotatable bonds is 5. The van der Waals surface area contributed by atoms with Crippen LogP contribution in [-0.4, -0.2) is 48.4 Å². The molecule has 0 saturated carbocycles. The van der Waals surface area contributed by atoms with Crippen LogP contribution >= 0.6 is 11.3 Å². The summed E-state index contributed by atoms with van der Waals surface area (Å²) in [6, 6.07) is 23.0. The molecule has 0 spiro atoms. The van der Waals surface area contributed by atoms with E-state index in [2.05, 4.69) is 57.0 Å². The van der Waals surface area contributed by atoms with Crippen LogP contribution in [0.3, 0.4) is 0 Å². The minimum Gasteiger partial charge on any atom is -0.338 e. The standard InChI is InChI=1S/C27H30N2OS/c30-27(23-9-5-2-6-10-23)29-18-25(26(19-29)24-13-16-31-20-24)17-28-14-11-22(12-15-28)21-7-3-1-4-8-21/h1-10,13,16,20,22,25-26H,11-12,14-15,17-19H2. The lowest BCUT2D eigenvalue weighted by atomic mass is 9.87. The van der Waals surface area contributed by atoms with Crippen LogP contribution in [0.25, 0.3) is 0 Å². The molecule has 3 nitrogen and oxygen atoms in total. The third-order valence-corrected chi connectivity index (χ3v) is 7.77. The summed E-state index contributed by atoms with van der Waals surface area (Å²) < 4.78 is 0. The van der Waals surface area contributed by atoms with Gasteiger partial charge in [-0.1, -0.05) is 48.5 Å². The van der Waals surface area contributed by atoms with Crippen molar-refractivity contribution >= 4 is 17.2 Å². The topological polar surface area (TPSA) is 23.6 Å². The van der Waals surface area contributed by atoms with Crippen molar-refractivity contribution in [2.75, 3.05) is 32.7 Å². The predicted octanol–water partition coefficient (Wildman–Crippen LogP) is 5.48. The van der Waals surface area contributed by atoms with Gasteiger partial charge in [-0.25, -0.2) is 0 Å². The fraction of sp³-hybridized carbons (Fsp3) is 0.370. The lowest BCUT2D eigenvalue weighted by molar-refractivity contribution is 0.0781. The third-order valence-electron chi connectivity index (χ3n) is 7.07. The zero-order valence-corrected chi connectivity index (χ0v) is 18.7. The maximum absolute atomic E-state index is 13.1. The van der Waals surface area contributed by atoms with Gasteiger partial charge in [-0.2, -0.15) is 11.3 Å². The highest BCUT2D eigenvalue weighted by atomic mass is 32.1. The molecule has 3 heterocycles. The number of thiophene rings is 1. The van der Waals surface area contributed by atoms with Gasteiger partial charge in [0.25, 0.3) is 5.91 Å². The van der Waals surface area contributed by atoms with Gasteiger partial charge in [-0.3, -0.25) is 4.79 Å². The number of carbonyl (C=O) groups is 1. The molecule has 5 rings (SSSR count). The Hall–Kier alpha value is -2.43. The van der Waals surface area contributed by atoms with E-state index >= 15 is 0 Å². The summed E-state index contributed by atoms with van der Waals surface area (Å²) in [4.78, 5) is 17.8. The molecule has 4 heteroatoms. The lowest BCUT2D eigenvalue weighted by Crippen LogP contribution is -2.38. The van der Waals surface area contributed by atoms with Crippen LogP contribution in [0.1, 0.15) is 46.2 Å². The second-order valence-corrected chi connectivity index (χ2v) is 9.77. The first-order chi connectivity index (χ1) is 15.3. The molecular weight excluding hydrogens is 400 g/mol. The van der Waals surface area contributed by atoms with Crippen LogP contribution in [0.5, 0.6) is 0 Å². The molecule has 160 valence electrons. The van der Waals surface area contributed by atoms with Gasteiger partial charge in [0.2, 0.25) is 0 Å². The van der Waals surface area contributed by atoms with Crippen LogP contribution in [0, 0.1) is 5.92 Å². The Balaban J connectivity index is 1.25. The Morgan fingerprint density at radius 1 is 0.871 bits per heavy atom. The molecule has 3 aromatic rings. The zero-order valence-electron chi connectivity index (χ0n) is 17.9. The number of piperidine rings is 1. The molecule has 1 aromatic heterocycles. The van der Waals surface area contributed by atoms with Crippen molar-refractivity contribution in [3.05, 3.63) is 94.2 Å². The molecule has 0 radical (unpaired) electrons. The highest BCUT2D eigenvalue weighted by molar-refractivity contribution is 7.08. The van der Waals surface area contributed by atoms with E-state index in [0.29, 0.717) is 17.8 Å². The molecule has 2 atom stereocenters. The maximum Gasteiger partial charge on any atom is 0.253 e. The number of benzene rings is 2. The highest BCUT2D eigenvalue weighted by Crippen LogP contribution is 2.36. The van der Waals surface area contributed by atoms with Crippen molar-refractivity contribution in [3.63, 3.8) is 0 Å². The van der Waals surface area contributed by atoms with E-state index in [1.165, 1.54) is 24.0 Å². The Bertz CT molecular complexity index is 965. The monoisotopic (exact) mass is 430 g/mol. The van der Waals surface area contributed by atoms with Gasteiger partial charge in [0.05, 0.1) is 0 Å². The van der Waals surface area contributed by atoms with Gasteiger partial charge in [-0.05, 0) is 77.9 Å². The second-order valence-electron chi connectivity index (χ2n) is 8.98. The molecule has 2 fully saturated rings. The molecule has 31 heavy (non-hydrogen) atoms. The number of nitrogens with zero attached hydrogens (tertiary/aromatic N) is 2. The highest BCUT2D eigenvalue weighted by Gasteiger charge is 2.38. The Morgan fingerprint density at radius 3 is 2.26 bits per heavy atom. The number of hydrogen-bond donors (Lipinski definition) is 0. The average Bonchev–Trinajstić information content (AvgIpc) is 3.50. The van der Waals surface area contributed by atoms with Gasteiger partial charge in [0.1, 0.15) is 0 Å². The smallest absolute Gasteiger partial charge is 0.253 e. The van der Waals surface area contributed by atoms with Crippen molar-refractivity contribution in [1.29, 1.82) is 0 Å². The number of carbonyl (C=O) groups excluding carboxylic acids is 1. The van der Waals surface area contributed by atoms with E-state index in [1.807, 2.05) is 30.3 Å². The summed E-state index contributed by atoms with van der Waals surface area (Å²) in [6.07, 6.45) is 2.46. The summed E-state index contributed by atoms with van der Waals surface area (Å²) in [6.45, 7) is 5.07. The molecule has 1 amide bonds. The minimum atomic E-state index is 0.172. The Labute approximate surface area is 189 Å². The van der Waals surface area contributed by atoms with E-state index < -0.39 is 0 Å². The van der Waals surface area contributed by atoms with Crippen LogP contribution in [-0.2, 0) is 0 Å². The van der Waals surface area contributed by atoms with Gasteiger partial charge in [-0.15, -0.1) is 0 Å². The summed E-state index contributed by atoms with van der Waals surface area (Å²) >= 11 is 1.76. The normalized spacial score (nSPS) is 22.6. The van der Waals surface area contributed by atoms with Gasteiger partial charge in [0.15, 0.2) is 0 Å². The Kier molecular flexibility index (Phi) is 6.19. The average molecular weight is 431 g/mol. The summed E-state index contributed by atoms with van der Waals surface area (Å²) in [5, 5.41) is 4.44. The van der Waals surface area contributed by atoms with Crippen LogP contribution in [0.2, 0.25) is 0 Å². The molecule has 2 saturated heterocycles. The predicted molar refractivity (Wildman–Crippen MR) is 128 cm³/mol. The van der Waals surface area contributed by atoms with Crippen molar-refractivity contribution in [2.45, 2.75) is 24.7 Å². The van der Waals surface area contributed by atoms with Crippen molar-refractivity contribution < 1.29 is 4.79 Å². The lowest BCUT2D eigenvalue weighted by Gasteiger charge is -2.34. The fourth-order valence-electron chi connectivity index (χ4n) is 5.35. The first-order valence-electron chi connectivity index (χ1n) is 11.4. The van der Waals surface area contributed by atoms with E-state index in [0.717, 1.165) is 38.3 Å². The van der Waals surface area contributed by atoms with Gasteiger partial charge >= 0.3 is 0 Å². The maximum atomic E-state index is 13.1. The second kappa shape index (κ2) is 9.37. The number of likely N-dealkylation sites (tertiary alicyclic amines) is 2. The Morgan fingerprint density at radius 2 is 1.58 bits per heavy atom. The third kappa shape index (κ3) is 4.60.